The number of hydrogen-bond donors (Lipinski definition) is 2. The summed E-state index contributed by atoms with van der Waals surface area (Å²) in [6.07, 6.45) is -4.81. The highest BCUT2D eigenvalue weighted by Gasteiger charge is 2.61. The summed E-state index contributed by atoms with van der Waals surface area (Å²) in [6.45, 7) is 3.99. The average molecular weight is 681 g/mol. The second kappa shape index (κ2) is 14.9. The number of rotatable bonds is 8. The first-order chi connectivity index (χ1) is 22.8. The molecule has 0 radical (unpaired) electrons. The first kappa shape index (κ1) is 35.7. The van der Waals surface area contributed by atoms with Gasteiger partial charge in [-0.15, -0.1) is 0 Å². The lowest BCUT2D eigenvalue weighted by Gasteiger charge is -2.46. The molecule has 266 valence electrons. The zero-order valence-corrected chi connectivity index (χ0v) is 27.5. The molecule has 16 heteroatoms. The highest BCUT2D eigenvalue weighted by Crippen LogP contribution is 2.50. The molecule has 0 aromatic heterocycles. The summed E-state index contributed by atoms with van der Waals surface area (Å²) in [5.74, 6) is -6.45. The van der Waals surface area contributed by atoms with Crippen LogP contribution in [0.4, 0.5) is 0 Å². The molecule has 2 N–H and O–H groups in total. The minimum absolute atomic E-state index is 0.126. The Balaban J connectivity index is 1.44. The molecule has 3 saturated carbocycles. The molecule has 3 aliphatic carbocycles. The van der Waals surface area contributed by atoms with Crippen molar-refractivity contribution >= 4 is 41.4 Å². The maximum Gasteiger partial charge on any atom is 0.303 e. The van der Waals surface area contributed by atoms with Crippen LogP contribution in [0.25, 0.3) is 0 Å². The van der Waals surface area contributed by atoms with Gasteiger partial charge in [0.2, 0.25) is 17.9 Å². The van der Waals surface area contributed by atoms with Crippen molar-refractivity contribution in [3.63, 3.8) is 0 Å². The topological polar surface area (TPSA) is 214 Å². The quantitative estimate of drug-likeness (QED) is 0.155. The number of likely N-dealkylation sites (tertiary alicyclic amines) is 1. The summed E-state index contributed by atoms with van der Waals surface area (Å²) in [5.41, 5.74) is 0.292. The van der Waals surface area contributed by atoms with Gasteiger partial charge in [0.15, 0.2) is 12.2 Å². The molecule has 16 nitrogen and oxygen atoms in total. The number of carbonyl (C=O) groups excluding carboxylic acids is 6. The van der Waals surface area contributed by atoms with E-state index in [1.807, 2.05) is 0 Å². The molecule has 5 aliphatic rings. The summed E-state index contributed by atoms with van der Waals surface area (Å²) < 4.78 is 27.3. The molecule has 48 heavy (non-hydrogen) atoms. The highest BCUT2D eigenvalue weighted by atomic mass is 16.8. The molecule has 5 fully saturated rings. The number of nitrogens with zero attached hydrogens (tertiary/aromatic N) is 2. The first-order valence-electron chi connectivity index (χ1n) is 16.5. The van der Waals surface area contributed by atoms with Gasteiger partial charge in [-0.25, -0.2) is 0 Å². The third-order valence-electron chi connectivity index (χ3n) is 9.98. The number of amides is 2. The van der Waals surface area contributed by atoms with Crippen molar-refractivity contribution in [2.45, 2.75) is 128 Å². The lowest BCUT2D eigenvalue weighted by atomic mass is 9.60. The van der Waals surface area contributed by atoms with Crippen LogP contribution < -0.4 is 0 Å². The van der Waals surface area contributed by atoms with Crippen LogP contribution >= 0.6 is 0 Å². The number of oxime groups is 1. The molecule has 0 unspecified atom stereocenters. The molecule has 0 aromatic rings. The van der Waals surface area contributed by atoms with Crippen LogP contribution in [0.1, 0.15) is 79.1 Å². The van der Waals surface area contributed by atoms with E-state index >= 15 is 0 Å². The van der Waals surface area contributed by atoms with Crippen LogP contribution in [-0.4, -0.2) is 112 Å². The smallest absolute Gasteiger partial charge is 0.303 e. The molecule has 2 amide bonds. The largest absolute Gasteiger partial charge is 0.463 e. The Kier molecular flexibility index (Phi) is 11.0. The number of esters is 4. The second-order valence-corrected chi connectivity index (χ2v) is 13.2. The highest BCUT2D eigenvalue weighted by molar-refractivity contribution is 6.06. The van der Waals surface area contributed by atoms with Gasteiger partial charge in [0.05, 0.1) is 29.8 Å². The van der Waals surface area contributed by atoms with Crippen LogP contribution in [0.2, 0.25) is 0 Å². The third-order valence-corrected chi connectivity index (χ3v) is 9.98. The third kappa shape index (κ3) is 7.34. The van der Waals surface area contributed by atoms with Crippen LogP contribution in [0.15, 0.2) is 5.16 Å². The second-order valence-electron chi connectivity index (χ2n) is 13.2. The molecule has 2 heterocycles. The SMILES string of the molecule is CC(=O)OC[C@H]1O[C@@H](O/N=C2\C[C@@H](O)[C@@H](O)[C@@H]3[C@@H]4C(=O)N(C5CCCCC5)C(=O)[C@@H]4CC[C@@H]23)[C@H](OC(C)=O)[C@@H](OC(C)=O)[C@@H]1OC(C)=O. The first-order valence-corrected chi connectivity index (χ1v) is 16.5. The van der Waals surface area contributed by atoms with Crippen molar-refractivity contribution in [1.82, 2.24) is 4.90 Å². The van der Waals surface area contributed by atoms with Crippen molar-refractivity contribution in [3.05, 3.63) is 0 Å². The zero-order valence-electron chi connectivity index (χ0n) is 27.5. The maximum atomic E-state index is 13.9. The summed E-state index contributed by atoms with van der Waals surface area (Å²) in [7, 11) is 0. The Labute approximate surface area is 277 Å². The van der Waals surface area contributed by atoms with E-state index in [0.717, 1.165) is 59.8 Å². The Morgan fingerprint density at radius 3 is 2.02 bits per heavy atom. The Bertz CT molecular complexity index is 1310. The molecule has 5 rings (SSSR count). The lowest BCUT2D eigenvalue weighted by molar-refractivity contribution is -0.308. The van der Waals surface area contributed by atoms with Gasteiger partial charge in [-0.1, -0.05) is 24.4 Å². The molecule has 0 spiro atoms. The maximum absolute atomic E-state index is 13.9. The van der Waals surface area contributed by atoms with Gasteiger partial charge in [-0.05, 0) is 25.7 Å². The van der Waals surface area contributed by atoms with Crippen molar-refractivity contribution in [1.29, 1.82) is 0 Å². The van der Waals surface area contributed by atoms with Crippen molar-refractivity contribution in [2.75, 3.05) is 6.61 Å². The molecular weight excluding hydrogens is 636 g/mol. The van der Waals surface area contributed by atoms with Gasteiger partial charge in [-0.2, -0.15) is 0 Å². The summed E-state index contributed by atoms with van der Waals surface area (Å²) in [4.78, 5) is 82.6. The van der Waals surface area contributed by atoms with E-state index in [1.54, 1.807) is 0 Å². The fourth-order valence-electron chi connectivity index (χ4n) is 8.09. The van der Waals surface area contributed by atoms with Crippen LogP contribution in [0, 0.1) is 23.7 Å². The molecule has 2 saturated heterocycles. The fraction of sp³-hybridized carbons (Fsp3) is 0.781. The number of aliphatic hydroxyl groups is 2. The number of fused-ring (bicyclic) bond motifs is 3. The Morgan fingerprint density at radius 1 is 0.792 bits per heavy atom. The predicted molar refractivity (Wildman–Crippen MR) is 159 cm³/mol. The summed E-state index contributed by atoms with van der Waals surface area (Å²) in [6, 6.07) is -0.174. The number of imide groups is 1. The molecular formula is C32H44N2O14. The van der Waals surface area contributed by atoms with Gasteiger partial charge in [-0.3, -0.25) is 33.7 Å². The normalized spacial score (nSPS) is 37.7. The van der Waals surface area contributed by atoms with Gasteiger partial charge in [0.1, 0.15) is 12.7 Å². The molecule has 0 bridgehead atoms. The molecule has 11 atom stereocenters. The Morgan fingerprint density at radius 2 is 1.40 bits per heavy atom. The van der Waals surface area contributed by atoms with Gasteiger partial charge in [0.25, 0.3) is 6.29 Å². The number of aliphatic hydroxyl groups excluding tert-OH is 2. The summed E-state index contributed by atoms with van der Waals surface area (Å²) in [5, 5.41) is 26.5. The van der Waals surface area contributed by atoms with E-state index in [9.17, 15) is 39.0 Å². The average Bonchev–Trinajstić information content (AvgIpc) is 3.28. The predicted octanol–water partition coefficient (Wildman–Crippen LogP) is 0.528. The van der Waals surface area contributed by atoms with E-state index in [2.05, 4.69) is 5.16 Å². The van der Waals surface area contributed by atoms with E-state index in [-0.39, 0.29) is 24.3 Å². The van der Waals surface area contributed by atoms with E-state index in [1.165, 1.54) is 4.90 Å². The van der Waals surface area contributed by atoms with E-state index < -0.39 is 97.1 Å². The van der Waals surface area contributed by atoms with Gasteiger partial charge >= 0.3 is 23.9 Å². The minimum atomic E-state index is -1.59. The number of ether oxygens (including phenoxy) is 5. The van der Waals surface area contributed by atoms with Gasteiger partial charge in [0, 0.05) is 52.0 Å². The van der Waals surface area contributed by atoms with Crippen LogP contribution in [-0.2, 0) is 57.3 Å². The van der Waals surface area contributed by atoms with E-state index in [0.29, 0.717) is 18.6 Å². The summed E-state index contributed by atoms with van der Waals surface area (Å²) >= 11 is 0. The standard InChI is InChI=1S/C32H44N2O14/c1-14(35)43-13-23-27(44-15(2)36)28(45-16(3)37)29(46-17(4)38)32(47-23)48-33-21-12-22(39)26(40)24-19(21)10-11-20-25(24)31(42)34(30(20)41)18-8-6-5-7-9-18/h18-20,22-29,32,39-40H,5-13H2,1-4H3/b33-21+/t19-,20+,22+,23+,24-,25+,26+,27+,28-,29+,32-/m0/s1. The molecule has 2 aliphatic heterocycles. The van der Waals surface area contributed by atoms with Crippen LogP contribution in [0.3, 0.4) is 0 Å². The van der Waals surface area contributed by atoms with E-state index in [4.69, 9.17) is 28.5 Å². The van der Waals surface area contributed by atoms with Crippen molar-refractivity contribution in [3.8, 4) is 0 Å². The number of carbonyl (C=O) groups is 6. The lowest BCUT2D eigenvalue weighted by Crippen LogP contribution is -2.62. The van der Waals surface area contributed by atoms with Crippen molar-refractivity contribution in [2.24, 2.45) is 28.8 Å². The Hall–Kier alpha value is -3.63. The zero-order chi connectivity index (χ0) is 34.9. The fourth-order valence-corrected chi connectivity index (χ4v) is 8.09. The van der Waals surface area contributed by atoms with Crippen LogP contribution in [0.5, 0.6) is 0 Å². The minimum Gasteiger partial charge on any atom is -0.463 e. The number of hydrogen-bond acceptors (Lipinski definition) is 15. The molecule has 0 aromatic carbocycles. The van der Waals surface area contributed by atoms with Crippen molar-refractivity contribution < 1.29 is 67.5 Å². The van der Waals surface area contributed by atoms with Gasteiger partial charge < -0.3 is 38.7 Å². The monoisotopic (exact) mass is 680 g/mol.